The van der Waals surface area contributed by atoms with E-state index in [-0.39, 0.29) is 0 Å². The molecule has 0 unspecified atom stereocenters. The van der Waals surface area contributed by atoms with E-state index >= 15 is 0 Å². The van der Waals surface area contributed by atoms with Crippen LogP contribution in [0.5, 0.6) is 5.75 Å². The zero-order valence-electron chi connectivity index (χ0n) is 10.1. The van der Waals surface area contributed by atoms with Crippen LogP contribution in [0, 0.1) is 0 Å². The molecule has 0 atom stereocenters. The molecule has 8 N–H and O–H groups in total. The summed E-state index contributed by atoms with van der Waals surface area (Å²) in [7, 11) is 0. The third kappa shape index (κ3) is 3.03. The Bertz CT molecular complexity index is 626. The molecule has 7 heteroatoms. The number of anilines is 4. The minimum Gasteiger partial charge on any atom is -0.397 e. The van der Waals surface area contributed by atoms with Gasteiger partial charge < -0.3 is 27.8 Å². The van der Waals surface area contributed by atoms with E-state index in [4.69, 9.17) is 27.8 Å². The van der Waals surface area contributed by atoms with Gasteiger partial charge in [0.05, 0.1) is 28.4 Å². The lowest BCUT2D eigenvalue weighted by Crippen LogP contribution is -1.94. The minimum absolute atomic E-state index is 0.421. The molecule has 0 saturated carbocycles. The normalized spacial score (nSPS) is 10.7. The van der Waals surface area contributed by atoms with E-state index in [9.17, 15) is 0 Å². The molecule has 0 aliphatic heterocycles. The molecule has 0 amide bonds. The predicted molar refractivity (Wildman–Crippen MR) is 75.7 cm³/mol. The highest BCUT2D eigenvalue weighted by molar-refractivity contribution is 5.67. The molecule has 0 bridgehead atoms. The van der Waals surface area contributed by atoms with E-state index in [1.165, 1.54) is 0 Å². The van der Waals surface area contributed by atoms with Crippen LogP contribution in [0.25, 0.3) is 0 Å². The maximum atomic E-state index is 5.64. The van der Waals surface area contributed by atoms with Crippen LogP contribution >= 0.6 is 0 Å². The summed E-state index contributed by atoms with van der Waals surface area (Å²) in [5.41, 5.74) is 24.8. The van der Waals surface area contributed by atoms with Gasteiger partial charge in [-0.05, 0) is 30.3 Å². The third-order valence-electron chi connectivity index (χ3n) is 2.43. The van der Waals surface area contributed by atoms with Crippen molar-refractivity contribution in [3.63, 3.8) is 0 Å². The molecule has 0 spiro atoms. The predicted octanol–water partition coefficient (Wildman–Crippen LogP) is 2.09. The smallest absolute Gasteiger partial charge is 0.162 e. The Labute approximate surface area is 109 Å². The summed E-state index contributed by atoms with van der Waals surface area (Å²) >= 11 is 0. The molecule has 0 heterocycles. The van der Waals surface area contributed by atoms with Gasteiger partial charge in [-0.3, -0.25) is 0 Å². The Morgan fingerprint density at radius 3 is 2.00 bits per heavy atom. The quantitative estimate of drug-likeness (QED) is 0.379. The molecule has 19 heavy (non-hydrogen) atoms. The Morgan fingerprint density at radius 2 is 1.37 bits per heavy atom. The van der Waals surface area contributed by atoms with E-state index in [0.29, 0.717) is 34.2 Å². The first-order valence-electron chi connectivity index (χ1n) is 5.44. The lowest BCUT2D eigenvalue weighted by Gasteiger charge is -2.02. The van der Waals surface area contributed by atoms with Gasteiger partial charge in [-0.15, -0.1) is 5.11 Å². The summed E-state index contributed by atoms with van der Waals surface area (Å²) in [6.07, 6.45) is 0. The van der Waals surface area contributed by atoms with Crippen LogP contribution in [0.1, 0.15) is 0 Å². The maximum absolute atomic E-state index is 5.64. The topological polar surface area (TPSA) is 138 Å². The van der Waals surface area contributed by atoms with Gasteiger partial charge in [-0.2, -0.15) is 0 Å². The Balaban J connectivity index is 2.06. The number of hydrogen-bond donors (Lipinski definition) is 4. The lowest BCUT2D eigenvalue weighted by atomic mass is 10.2. The monoisotopic (exact) mass is 258 g/mol. The highest BCUT2D eigenvalue weighted by Gasteiger charge is 1.99. The summed E-state index contributed by atoms with van der Waals surface area (Å²) in [4.78, 5) is 5.07. The van der Waals surface area contributed by atoms with Crippen LogP contribution in [-0.4, -0.2) is 0 Å². The van der Waals surface area contributed by atoms with E-state index < -0.39 is 0 Å². The third-order valence-corrected chi connectivity index (χ3v) is 2.43. The highest BCUT2D eigenvalue weighted by atomic mass is 16.6. The van der Waals surface area contributed by atoms with Gasteiger partial charge >= 0.3 is 0 Å². The van der Waals surface area contributed by atoms with Gasteiger partial charge in [0.25, 0.3) is 0 Å². The fraction of sp³-hybridized carbons (Fsp3) is 0. The Hall–Kier alpha value is -2.96. The fourth-order valence-electron chi connectivity index (χ4n) is 1.35. The van der Waals surface area contributed by atoms with Crippen LogP contribution in [-0.2, 0) is 0 Å². The van der Waals surface area contributed by atoms with Crippen LogP contribution < -0.4 is 27.8 Å². The molecule has 0 radical (unpaired) electrons. The molecule has 0 fully saturated rings. The molecule has 0 saturated heterocycles. The van der Waals surface area contributed by atoms with Crippen molar-refractivity contribution in [3.05, 3.63) is 36.4 Å². The standard InChI is InChI=1S/C12H14N6O/c13-9-3-1-7(5-11(9)15)17-18-19-8-2-4-10(14)12(16)6-8/h1-6H,13-16H2. The van der Waals surface area contributed by atoms with Crippen LogP contribution in [0.2, 0.25) is 0 Å². The van der Waals surface area contributed by atoms with Crippen molar-refractivity contribution >= 4 is 28.4 Å². The molecule has 0 aliphatic carbocycles. The number of benzene rings is 2. The first-order valence-corrected chi connectivity index (χ1v) is 5.44. The molecule has 0 aromatic heterocycles. The van der Waals surface area contributed by atoms with Crippen molar-refractivity contribution in [1.29, 1.82) is 0 Å². The summed E-state index contributed by atoms with van der Waals surface area (Å²) in [5.74, 6) is 0.443. The number of nitrogens with zero attached hydrogens (tertiary/aromatic N) is 2. The molecular weight excluding hydrogens is 244 g/mol. The fourth-order valence-corrected chi connectivity index (χ4v) is 1.35. The molecule has 2 aromatic rings. The van der Waals surface area contributed by atoms with Crippen molar-refractivity contribution in [2.75, 3.05) is 22.9 Å². The van der Waals surface area contributed by atoms with Gasteiger partial charge in [0.1, 0.15) is 0 Å². The largest absolute Gasteiger partial charge is 0.397 e. The second-order valence-electron chi connectivity index (χ2n) is 3.88. The zero-order valence-corrected chi connectivity index (χ0v) is 10.1. The van der Waals surface area contributed by atoms with Crippen molar-refractivity contribution in [1.82, 2.24) is 0 Å². The molecule has 0 aliphatic rings. The van der Waals surface area contributed by atoms with Crippen molar-refractivity contribution < 1.29 is 4.84 Å². The highest BCUT2D eigenvalue weighted by Crippen LogP contribution is 2.24. The van der Waals surface area contributed by atoms with Crippen LogP contribution in [0.15, 0.2) is 46.8 Å². The SMILES string of the molecule is Nc1ccc(N=NOc2ccc(N)c(N)c2)cc1N. The van der Waals surface area contributed by atoms with Gasteiger partial charge in [-0.1, -0.05) is 0 Å². The average molecular weight is 258 g/mol. The van der Waals surface area contributed by atoms with Gasteiger partial charge in [0.15, 0.2) is 5.75 Å². The van der Waals surface area contributed by atoms with E-state index in [1.807, 2.05) is 0 Å². The number of nitrogen functional groups attached to an aromatic ring is 4. The molecular formula is C12H14N6O. The second kappa shape index (κ2) is 5.13. The average Bonchev–Trinajstić information content (AvgIpc) is 2.38. The molecule has 2 rings (SSSR count). The number of hydrogen-bond acceptors (Lipinski definition) is 7. The van der Waals surface area contributed by atoms with Gasteiger partial charge in [0.2, 0.25) is 0 Å². The van der Waals surface area contributed by atoms with Crippen molar-refractivity contribution in [2.45, 2.75) is 0 Å². The number of rotatable bonds is 3. The zero-order chi connectivity index (χ0) is 13.8. The second-order valence-corrected chi connectivity index (χ2v) is 3.88. The summed E-state index contributed by atoms with van der Waals surface area (Å²) < 4.78 is 0. The lowest BCUT2D eigenvalue weighted by molar-refractivity contribution is 0.313. The number of nitrogens with two attached hydrogens (primary N) is 4. The van der Waals surface area contributed by atoms with Gasteiger partial charge in [0, 0.05) is 11.3 Å². The van der Waals surface area contributed by atoms with Crippen molar-refractivity contribution in [3.8, 4) is 5.75 Å². The van der Waals surface area contributed by atoms with Crippen LogP contribution in [0.4, 0.5) is 28.4 Å². The summed E-state index contributed by atoms with van der Waals surface area (Å²) in [5, 5.41) is 7.44. The maximum Gasteiger partial charge on any atom is 0.162 e. The molecule has 2 aromatic carbocycles. The van der Waals surface area contributed by atoms with E-state index in [0.717, 1.165) is 0 Å². The van der Waals surface area contributed by atoms with Crippen molar-refractivity contribution in [2.24, 2.45) is 10.4 Å². The Kier molecular flexibility index (Phi) is 3.37. The molecule has 98 valence electrons. The first-order chi connectivity index (χ1) is 9.06. The Morgan fingerprint density at radius 1 is 0.737 bits per heavy atom. The summed E-state index contributed by atoms with van der Waals surface area (Å²) in [6, 6.07) is 9.75. The first kappa shape index (κ1) is 12.5. The summed E-state index contributed by atoms with van der Waals surface area (Å²) in [6.45, 7) is 0. The van der Waals surface area contributed by atoms with Gasteiger partial charge in [-0.25, -0.2) is 0 Å². The minimum atomic E-state index is 0.421. The van der Waals surface area contributed by atoms with Crippen LogP contribution in [0.3, 0.4) is 0 Å². The van der Waals surface area contributed by atoms with E-state index in [2.05, 4.69) is 10.4 Å². The van der Waals surface area contributed by atoms with E-state index in [1.54, 1.807) is 36.4 Å². The molecule has 7 nitrogen and oxygen atoms in total.